The standard InChI is InChI=1S/C22H16FN3O3/c1-3-10-26(13-15-6-8-16(23)9-7-15)22(27)17-12-18(19-5-4-11-28-19)24-21-20(17)14(2)25-29-21/h1,4-9,11-12H,10,13H2,2H3. The van der Waals surface area contributed by atoms with Crippen LogP contribution in [0.15, 0.2) is 57.7 Å². The van der Waals surface area contributed by atoms with E-state index in [4.69, 9.17) is 15.4 Å². The molecule has 1 aromatic carbocycles. The minimum atomic E-state index is -0.345. The number of amides is 1. The molecular weight excluding hydrogens is 373 g/mol. The largest absolute Gasteiger partial charge is 0.463 e. The summed E-state index contributed by atoms with van der Waals surface area (Å²) in [6, 6.07) is 11.0. The summed E-state index contributed by atoms with van der Waals surface area (Å²) in [5.74, 6) is 2.35. The summed E-state index contributed by atoms with van der Waals surface area (Å²) in [4.78, 5) is 19.3. The Morgan fingerprint density at radius 3 is 2.76 bits per heavy atom. The first-order chi connectivity index (χ1) is 14.1. The third-order valence-corrected chi connectivity index (χ3v) is 4.48. The lowest BCUT2D eigenvalue weighted by molar-refractivity contribution is 0.0767. The van der Waals surface area contributed by atoms with Crippen LogP contribution in [0.3, 0.4) is 0 Å². The van der Waals surface area contributed by atoms with Crippen molar-refractivity contribution in [1.82, 2.24) is 15.0 Å². The zero-order valence-electron chi connectivity index (χ0n) is 15.6. The molecule has 0 radical (unpaired) electrons. The minimum absolute atomic E-state index is 0.0838. The van der Waals surface area contributed by atoms with E-state index in [9.17, 15) is 9.18 Å². The molecule has 6 nitrogen and oxygen atoms in total. The van der Waals surface area contributed by atoms with Crippen LogP contribution in [-0.4, -0.2) is 27.5 Å². The Kier molecular flexibility index (Phi) is 4.83. The van der Waals surface area contributed by atoms with Gasteiger partial charge < -0.3 is 13.8 Å². The van der Waals surface area contributed by atoms with Crippen molar-refractivity contribution in [3.8, 4) is 23.8 Å². The number of benzene rings is 1. The Labute approximate surface area is 165 Å². The lowest BCUT2D eigenvalue weighted by Crippen LogP contribution is -2.31. The maximum absolute atomic E-state index is 13.4. The molecule has 7 heteroatoms. The maximum Gasteiger partial charge on any atom is 0.259 e. The number of aromatic nitrogens is 2. The van der Waals surface area contributed by atoms with Crippen LogP contribution in [0.5, 0.6) is 0 Å². The number of rotatable bonds is 5. The quantitative estimate of drug-likeness (QED) is 0.478. The molecule has 144 valence electrons. The summed E-state index contributed by atoms with van der Waals surface area (Å²) in [6.07, 6.45) is 7.01. The number of fused-ring (bicyclic) bond motifs is 1. The van der Waals surface area contributed by atoms with Crippen LogP contribution < -0.4 is 0 Å². The molecule has 0 aliphatic rings. The molecule has 29 heavy (non-hydrogen) atoms. The number of aryl methyl sites for hydroxylation is 1. The molecule has 4 rings (SSSR count). The van der Waals surface area contributed by atoms with E-state index < -0.39 is 0 Å². The second kappa shape index (κ2) is 7.60. The number of terminal acetylenes is 1. The number of hydrogen-bond donors (Lipinski definition) is 0. The van der Waals surface area contributed by atoms with Crippen molar-refractivity contribution in [3.63, 3.8) is 0 Å². The Morgan fingerprint density at radius 2 is 2.07 bits per heavy atom. The normalized spacial score (nSPS) is 10.8. The fourth-order valence-electron chi connectivity index (χ4n) is 3.10. The first-order valence-corrected chi connectivity index (χ1v) is 8.85. The number of furan rings is 1. The van der Waals surface area contributed by atoms with Gasteiger partial charge in [0, 0.05) is 6.54 Å². The number of nitrogens with zero attached hydrogens (tertiary/aromatic N) is 3. The Hall–Kier alpha value is -3.92. The molecular formula is C22H16FN3O3. The van der Waals surface area contributed by atoms with Crippen molar-refractivity contribution in [1.29, 1.82) is 0 Å². The van der Waals surface area contributed by atoms with E-state index >= 15 is 0 Å². The number of carbonyl (C=O) groups is 1. The molecule has 3 heterocycles. The van der Waals surface area contributed by atoms with E-state index in [1.54, 1.807) is 37.3 Å². The van der Waals surface area contributed by atoms with Gasteiger partial charge in [-0.1, -0.05) is 23.2 Å². The van der Waals surface area contributed by atoms with Gasteiger partial charge in [0.05, 0.1) is 29.5 Å². The molecule has 1 amide bonds. The Bertz CT molecular complexity index is 1200. The second-order valence-electron chi connectivity index (χ2n) is 6.47. The average molecular weight is 389 g/mol. The molecule has 3 aromatic heterocycles. The molecule has 0 bridgehead atoms. The molecule has 0 saturated heterocycles. The van der Waals surface area contributed by atoms with Gasteiger partial charge in [0.15, 0.2) is 5.76 Å². The molecule has 0 spiro atoms. The number of carbonyl (C=O) groups excluding carboxylic acids is 1. The third-order valence-electron chi connectivity index (χ3n) is 4.48. The van der Waals surface area contributed by atoms with Crippen LogP contribution >= 0.6 is 0 Å². The van der Waals surface area contributed by atoms with Crippen molar-refractivity contribution >= 4 is 17.0 Å². The number of hydrogen-bond acceptors (Lipinski definition) is 5. The fourth-order valence-corrected chi connectivity index (χ4v) is 3.10. The Balaban J connectivity index is 1.78. The van der Waals surface area contributed by atoms with Crippen LogP contribution in [0.1, 0.15) is 21.6 Å². The Morgan fingerprint density at radius 1 is 1.28 bits per heavy atom. The molecule has 0 atom stereocenters. The minimum Gasteiger partial charge on any atom is -0.463 e. The highest BCUT2D eigenvalue weighted by atomic mass is 19.1. The maximum atomic E-state index is 13.4. The average Bonchev–Trinajstić information content (AvgIpc) is 3.38. The van der Waals surface area contributed by atoms with Crippen molar-refractivity contribution in [3.05, 3.63) is 71.4 Å². The molecule has 0 aliphatic heterocycles. The fraction of sp³-hybridized carbons (Fsp3) is 0.136. The van der Waals surface area contributed by atoms with E-state index in [-0.39, 0.29) is 30.5 Å². The van der Waals surface area contributed by atoms with Crippen LogP contribution in [-0.2, 0) is 6.54 Å². The molecule has 0 fully saturated rings. The molecule has 0 saturated carbocycles. The molecule has 4 aromatic rings. The first kappa shape index (κ1) is 18.4. The summed E-state index contributed by atoms with van der Waals surface area (Å²) < 4.78 is 23.9. The van der Waals surface area contributed by atoms with Gasteiger partial charge in [-0.15, -0.1) is 6.42 Å². The number of pyridine rings is 1. The zero-order valence-corrected chi connectivity index (χ0v) is 15.6. The van der Waals surface area contributed by atoms with Gasteiger partial charge in [-0.2, -0.15) is 0 Å². The summed E-state index contributed by atoms with van der Waals surface area (Å²) >= 11 is 0. The van der Waals surface area contributed by atoms with Crippen molar-refractivity contribution in [2.45, 2.75) is 13.5 Å². The highest BCUT2D eigenvalue weighted by Gasteiger charge is 2.24. The highest BCUT2D eigenvalue weighted by Crippen LogP contribution is 2.28. The lowest BCUT2D eigenvalue weighted by atomic mass is 10.1. The van der Waals surface area contributed by atoms with Gasteiger partial charge in [0.1, 0.15) is 11.5 Å². The lowest BCUT2D eigenvalue weighted by Gasteiger charge is -2.21. The van der Waals surface area contributed by atoms with Gasteiger partial charge in [-0.3, -0.25) is 4.79 Å². The monoisotopic (exact) mass is 389 g/mol. The second-order valence-corrected chi connectivity index (χ2v) is 6.47. The molecule has 0 aliphatic carbocycles. The van der Waals surface area contributed by atoms with Crippen LogP contribution in [0, 0.1) is 25.1 Å². The van der Waals surface area contributed by atoms with Gasteiger partial charge in [-0.25, -0.2) is 9.37 Å². The topological polar surface area (TPSA) is 72.4 Å². The summed E-state index contributed by atoms with van der Waals surface area (Å²) in [7, 11) is 0. The number of halogens is 1. The van der Waals surface area contributed by atoms with Gasteiger partial charge >= 0.3 is 0 Å². The van der Waals surface area contributed by atoms with Crippen molar-refractivity contribution in [2.24, 2.45) is 0 Å². The highest BCUT2D eigenvalue weighted by molar-refractivity contribution is 6.07. The summed E-state index contributed by atoms with van der Waals surface area (Å²) in [5.41, 5.74) is 2.35. The first-order valence-electron chi connectivity index (χ1n) is 8.85. The van der Waals surface area contributed by atoms with Crippen LogP contribution in [0.2, 0.25) is 0 Å². The predicted molar refractivity (Wildman–Crippen MR) is 104 cm³/mol. The van der Waals surface area contributed by atoms with E-state index in [1.807, 2.05) is 0 Å². The predicted octanol–water partition coefficient (Wildman–Crippen LogP) is 4.21. The van der Waals surface area contributed by atoms with Gasteiger partial charge in [-0.05, 0) is 42.8 Å². The third kappa shape index (κ3) is 3.60. The van der Waals surface area contributed by atoms with E-state index in [2.05, 4.69) is 16.1 Å². The zero-order chi connectivity index (χ0) is 20.4. The molecule has 0 N–H and O–H groups in total. The summed E-state index contributed by atoms with van der Waals surface area (Å²) in [6.45, 7) is 2.05. The smallest absolute Gasteiger partial charge is 0.259 e. The summed E-state index contributed by atoms with van der Waals surface area (Å²) in [5, 5.41) is 4.46. The SMILES string of the molecule is C#CCN(Cc1ccc(F)cc1)C(=O)c1cc(-c2ccco2)nc2onc(C)c12. The van der Waals surface area contributed by atoms with Crippen LogP contribution in [0.4, 0.5) is 4.39 Å². The van der Waals surface area contributed by atoms with E-state index in [0.29, 0.717) is 28.1 Å². The van der Waals surface area contributed by atoms with Crippen molar-refractivity contribution < 1.29 is 18.1 Å². The van der Waals surface area contributed by atoms with Crippen LogP contribution in [0.25, 0.3) is 22.6 Å². The van der Waals surface area contributed by atoms with E-state index in [1.165, 1.54) is 23.3 Å². The van der Waals surface area contributed by atoms with E-state index in [0.717, 1.165) is 5.56 Å². The van der Waals surface area contributed by atoms with Gasteiger partial charge in [0.2, 0.25) is 0 Å². The van der Waals surface area contributed by atoms with Crippen molar-refractivity contribution in [2.75, 3.05) is 6.54 Å². The molecule has 0 unspecified atom stereocenters. The van der Waals surface area contributed by atoms with Gasteiger partial charge in [0.25, 0.3) is 11.6 Å².